The Bertz CT molecular complexity index is 202. The molecule has 0 saturated heterocycles. The van der Waals surface area contributed by atoms with E-state index in [9.17, 15) is 0 Å². The topological polar surface area (TPSA) is 12.0 Å². The summed E-state index contributed by atoms with van der Waals surface area (Å²) in [5.74, 6) is 2.10. The number of rotatable bonds is 7. The summed E-state index contributed by atoms with van der Waals surface area (Å²) in [7, 11) is 0. The van der Waals surface area contributed by atoms with Crippen molar-refractivity contribution in [3.05, 3.63) is 0 Å². The molecule has 2 fully saturated rings. The van der Waals surface area contributed by atoms with Crippen molar-refractivity contribution in [1.82, 2.24) is 5.32 Å². The predicted molar refractivity (Wildman–Crippen MR) is 79.8 cm³/mol. The molecule has 1 unspecified atom stereocenters. The van der Waals surface area contributed by atoms with Gasteiger partial charge in [0.05, 0.1) is 0 Å². The Morgan fingerprint density at radius 3 is 2.17 bits per heavy atom. The van der Waals surface area contributed by atoms with Gasteiger partial charge in [-0.2, -0.15) is 0 Å². The van der Waals surface area contributed by atoms with E-state index in [-0.39, 0.29) is 0 Å². The van der Waals surface area contributed by atoms with Gasteiger partial charge in [0, 0.05) is 6.04 Å². The first-order valence-electron chi connectivity index (χ1n) is 8.62. The van der Waals surface area contributed by atoms with Gasteiger partial charge < -0.3 is 5.32 Å². The third kappa shape index (κ3) is 4.91. The monoisotopic (exact) mass is 251 g/mol. The summed E-state index contributed by atoms with van der Waals surface area (Å²) in [5.41, 5.74) is 0. The van der Waals surface area contributed by atoms with E-state index >= 15 is 0 Å². The van der Waals surface area contributed by atoms with Crippen LogP contribution < -0.4 is 5.32 Å². The van der Waals surface area contributed by atoms with Crippen LogP contribution in [0.5, 0.6) is 0 Å². The summed E-state index contributed by atoms with van der Waals surface area (Å²) in [6, 6.07) is 0.819. The highest BCUT2D eigenvalue weighted by molar-refractivity contribution is 4.77. The van der Waals surface area contributed by atoms with Crippen molar-refractivity contribution in [2.75, 3.05) is 6.54 Å². The minimum absolute atomic E-state index is 0.819. The molecule has 0 aromatic heterocycles. The maximum atomic E-state index is 3.75. The third-order valence-corrected chi connectivity index (χ3v) is 5.23. The second-order valence-electron chi connectivity index (χ2n) is 6.72. The Morgan fingerprint density at radius 2 is 1.50 bits per heavy atom. The molecule has 106 valence electrons. The molecule has 1 heteroatoms. The van der Waals surface area contributed by atoms with Crippen LogP contribution in [0.15, 0.2) is 0 Å². The second kappa shape index (κ2) is 8.19. The first-order valence-corrected chi connectivity index (χ1v) is 8.62. The van der Waals surface area contributed by atoms with E-state index in [1.165, 1.54) is 77.0 Å². The molecule has 0 radical (unpaired) electrons. The molecule has 2 aliphatic carbocycles. The molecule has 0 heterocycles. The summed E-state index contributed by atoms with van der Waals surface area (Å²) in [5, 5.41) is 3.75. The minimum Gasteiger partial charge on any atom is -0.314 e. The van der Waals surface area contributed by atoms with Crippen LogP contribution in [0.3, 0.4) is 0 Å². The SMILES string of the molecule is CCNC(CCC1CCCCC1)CC1CCCC1. The average molecular weight is 251 g/mol. The molecular formula is C17H33N. The molecule has 0 amide bonds. The molecule has 0 aromatic carbocycles. The van der Waals surface area contributed by atoms with E-state index in [0.29, 0.717) is 0 Å². The van der Waals surface area contributed by atoms with Gasteiger partial charge in [-0.1, -0.05) is 64.7 Å². The van der Waals surface area contributed by atoms with Crippen molar-refractivity contribution in [2.24, 2.45) is 11.8 Å². The van der Waals surface area contributed by atoms with Crippen molar-refractivity contribution in [3.63, 3.8) is 0 Å². The first kappa shape index (κ1) is 14.4. The van der Waals surface area contributed by atoms with Gasteiger partial charge in [-0.3, -0.25) is 0 Å². The first-order chi connectivity index (χ1) is 8.88. The van der Waals surface area contributed by atoms with Crippen molar-refractivity contribution in [1.29, 1.82) is 0 Å². The fourth-order valence-corrected chi connectivity index (χ4v) is 4.15. The molecule has 2 saturated carbocycles. The van der Waals surface area contributed by atoms with Crippen LogP contribution in [-0.4, -0.2) is 12.6 Å². The van der Waals surface area contributed by atoms with E-state index < -0.39 is 0 Å². The maximum absolute atomic E-state index is 3.75. The van der Waals surface area contributed by atoms with Gasteiger partial charge in [0.25, 0.3) is 0 Å². The Morgan fingerprint density at radius 1 is 0.889 bits per heavy atom. The highest BCUT2D eigenvalue weighted by Crippen LogP contribution is 2.31. The van der Waals surface area contributed by atoms with Crippen molar-refractivity contribution in [2.45, 2.75) is 90.0 Å². The molecule has 0 spiro atoms. The van der Waals surface area contributed by atoms with Gasteiger partial charge in [-0.05, 0) is 37.6 Å². The lowest BCUT2D eigenvalue weighted by Crippen LogP contribution is -2.31. The van der Waals surface area contributed by atoms with Gasteiger partial charge in [0.2, 0.25) is 0 Å². The zero-order chi connectivity index (χ0) is 12.6. The lowest BCUT2D eigenvalue weighted by atomic mass is 9.84. The van der Waals surface area contributed by atoms with E-state index in [0.717, 1.165) is 24.4 Å². The fraction of sp³-hybridized carbons (Fsp3) is 1.00. The molecular weight excluding hydrogens is 218 g/mol. The number of hydrogen-bond acceptors (Lipinski definition) is 1. The van der Waals surface area contributed by atoms with Crippen LogP contribution in [0, 0.1) is 11.8 Å². The summed E-state index contributed by atoms with van der Waals surface area (Å²) >= 11 is 0. The summed E-state index contributed by atoms with van der Waals surface area (Å²) in [6.45, 7) is 3.42. The van der Waals surface area contributed by atoms with Crippen molar-refractivity contribution >= 4 is 0 Å². The normalized spacial score (nSPS) is 24.5. The van der Waals surface area contributed by atoms with E-state index in [1.54, 1.807) is 0 Å². The number of nitrogens with one attached hydrogen (secondary N) is 1. The molecule has 1 N–H and O–H groups in total. The summed E-state index contributed by atoms with van der Waals surface area (Å²) < 4.78 is 0. The Hall–Kier alpha value is -0.0400. The van der Waals surface area contributed by atoms with Gasteiger partial charge >= 0.3 is 0 Å². The van der Waals surface area contributed by atoms with E-state index in [4.69, 9.17) is 0 Å². The molecule has 1 nitrogen and oxygen atoms in total. The summed E-state index contributed by atoms with van der Waals surface area (Å²) in [6.07, 6.45) is 17.9. The lowest BCUT2D eigenvalue weighted by molar-refractivity contribution is 0.295. The van der Waals surface area contributed by atoms with Crippen LogP contribution in [0.25, 0.3) is 0 Å². The van der Waals surface area contributed by atoms with E-state index in [1.807, 2.05) is 0 Å². The Kier molecular flexibility index (Phi) is 6.54. The standard InChI is InChI=1S/C17H33N/c1-2-18-17(14-16-10-6-7-11-16)13-12-15-8-4-3-5-9-15/h15-18H,2-14H2,1H3. The largest absolute Gasteiger partial charge is 0.314 e. The van der Waals surface area contributed by atoms with Gasteiger partial charge in [-0.25, -0.2) is 0 Å². The van der Waals surface area contributed by atoms with Crippen LogP contribution in [-0.2, 0) is 0 Å². The van der Waals surface area contributed by atoms with Crippen molar-refractivity contribution < 1.29 is 0 Å². The Labute approximate surface area is 114 Å². The predicted octanol–water partition coefficient (Wildman–Crippen LogP) is 4.91. The molecule has 0 aromatic rings. The molecule has 2 rings (SSSR count). The highest BCUT2D eigenvalue weighted by Gasteiger charge is 2.21. The third-order valence-electron chi connectivity index (χ3n) is 5.23. The molecule has 0 aliphatic heterocycles. The van der Waals surface area contributed by atoms with Gasteiger partial charge in [0.1, 0.15) is 0 Å². The summed E-state index contributed by atoms with van der Waals surface area (Å²) in [4.78, 5) is 0. The molecule has 2 aliphatic rings. The molecule has 18 heavy (non-hydrogen) atoms. The average Bonchev–Trinajstić information content (AvgIpc) is 2.90. The smallest absolute Gasteiger partial charge is 0.00696 e. The quantitative estimate of drug-likeness (QED) is 0.678. The van der Waals surface area contributed by atoms with Crippen LogP contribution >= 0.6 is 0 Å². The second-order valence-corrected chi connectivity index (χ2v) is 6.72. The van der Waals surface area contributed by atoms with Crippen molar-refractivity contribution in [3.8, 4) is 0 Å². The molecule has 0 bridgehead atoms. The lowest BCUT2D eigenvalue weighted by Gasteiger charge is -2.26. The Balaban J connectivity index is 1.67. The number of hydrogen-bond donors (Lipinski definition) is 1. The van der Waals surface area contributed by atoms with Gasteiger partial charge in [-0.15, -0.1) is 0 Å². The zero-order valence-corrected chi connectivity index (χ0v) is 12.4. The zero-order valence-electron chi connectivity index (χ0n) is 12.4. The van der Waals surface area contributed by atoms with Gasteiger partial charge in [0.15, 0.2) is 0 Å². The van der Waals surface area contributed by atoms with Crippen LogP contribution in [0.4, 0.5) is 0 Å². The maximum Gasteiger partial charge on any atom is 0.00696 e. The molecule has 1 atom stereocenters. The van der Waals surface area contributed by atoms with Crippen LogP contribution in [0.1, 0.15) is 84.0 Å². The minimum atomic E-state index is 0.819. The highest BCUT2D eigenvalue weighted by atomic mass is 14.9. The fourth-order valence-electron chi connectivity index (χ4n) is 4.15. The van der Waals surface area contributed by atoms with E-state index in [2.05, 4.69) is 12.2 Å². The van der Waals surface area contributed by atoms with Crippen LogP contribution in [0.2, 0.25) is 0 Å².